The zero-order valence-electron chi connectivity index (χ0n) is 8.67. The van der Waals surface area contributed by atoms with E-state index in [1.807, 2.05) is 0 Å². The molecule has 0 unspecified atom stereocenters. The number of carbonyl (C=O) groups excluding carboxylic acids is 1. The van der Waals surface area contributed by atoms with E-state index in [1.54, 1.807) is 6.92 Å². The second kappa shape index (κ2) is 6.40. The van der Waals surface area contributed by atoms with Gasteiger partial charge in [0.25, 0.3) is 5.91 Å². The Hall–Kier alpha value is -1.20. The first-order chi connectivity index (χ1) is 7.04. The summed E-state index contributed by atoms with van der Waals surface area (Å²) in [7, 11) is 0. The van der Waals surface area contributed by atoms with Gasteiger partial charge in [0.2, 0.25) is 0 Å². The molecule has 0 aliphatic rings. The van der Waals surface area contributed by atoms with Crippen LogP contribution in [0.15, 0.2) is 18.2 Å². The predicted octanol–water partition coefficient (Wildman–Crippen LogP) is 1.46. The first-order valence-corrected chi connectivity index (χ1v) is 4.50. The lowest BCUT2D eigenvalue weighted by Gasteiger charge is -2.11. The molecule has 3 nitrogen and oxygen atoms in total. The van der Waals surface area contributed by atoms with Gasteiger partial charge in [0, 0.05) is 12.6 Å². The molecule has 0 aliphatic carbocycles. The minimum Gasteiger partial charge on any atom is -0.348 e. The summed E-state index contributed by atoms with van der Waals surface area (Å²) >= 11 is 0. The second-order valence-corrected chi connectivity index (χ2v) is 3.23. The Morgan fingerprint density at radius 2 is 2.12 bits per heavy atom. The van der Waals surface area contributed by atoms with Crippen molar-refractivity contribution in [3.05, 3.63) is 35.4 Å². The van der Waals surface area contributed by atoms with Crippen LogP contribution in [0, 0.1) is 11.6 Å². The lowest BCUT2D eigenvalue weighted by molar-refractivity contribution is 0.0936. The molecule has 1 aromatic carbocycles. The van der Waals surface area contributed by atoms with Crippen molar-refractivity contribution in [2.75, 3.05) is 6.54 Å². The van der Waals surface area contributed by atoms with Gasteiger partial charge in [-0.2, -0.15) is 0 Å². The van der Waals surface area contributed by atoms with Crippen LogP contribution in [0.3, 0.4) is 0 Å². The van der Waals surface area contributed by atoms with Crippen LogP contribution in [0.4, 0.5) is 8.78 Å². The zero-order valence-corrected chi connectivity index (χ0v) is 9.48. The number of nitrogens with two attached hydrogens (primary N) is 1. The normalized spacial score (nSPS) is 11.5. The van der Waals surface area contributed by atoms with Gasteiger partial charge in [-0.25, -0.2) is 8.78 Å². The Bertz CT molecular complexity index is 374. The van der Waals surface area contributed by atoms with Crippen molar-refractivity contribution in [1.29, 1.82) is 0 Å². The van der Waals surface area contributed by atoms with Crippen LogP contribution in [0.25, 0.3) is 0 Å². The summed E-state index contributed by atoms with van der Waals surface area (Å²) in [6, 6.07) is 2.45. The maximum absolute atomic E-state index is 13.1. The van der Waals surface area contributed by atoms with Crippen LogP contribution in [0.5, 0.6) is 0 Å². The standard InChI is InChI=1S/C10H12F2N2O.ClH/c1-6(5-13)14-10(15)8-4-7(11)2-3-9(8)12;/h2-4,6H,5,13H2,1H3,(H,14,15);1H/t6-;/m1./s1. The van der Waals surface area contributed by atoms with Crippen molar-refractivity contribution in [3.8, 4) is 0 Å². The van der Waals surface area contributed by atoms with Gasteiger partial charge in [0.15, 0.2) is 0 Å². The van der Waals surface area contributed by atoms with Crippen molar-refractivity contribution < 1.29 is 13.6 Å². The molecule has 1 aromatic rings. The topological polar surface area (TPSA) is 55.1 Å². The first kappa shape index (κ1) is 14.8. The van der Waals surface area contributed by atoms with E-state index < -0.39 is 17.5 Å². The van der Waals surface area contributed by atoms with Crippen molar-refractivity contribution in [3.63, 3.8) is 0 Å². The fourth-order valence-electron chi connectivity index (χ4n) is 1.03. The number of halogens is 3. The molecular formula is C10H13ClF2N2O. The number of nitrogens with one attached hydrogen (secondary N) is 1. The number of hydrogen-bond acceptors (Lipinski definition) is 2. The molecule has 1 atom stereocenters. The highest BCUT2D eigenvalue weighted by molar-refractivity contribution is 5.94. The van der Waals surface area contributed by atoms with Crippen LogP contribution >= 0.6 is 12.4 Å². The van der Waals surface area contributed by atoms with E-state index in [2.05, 4.69) is 5.32 Å². The number of amides is 1. The Morgan fingerprint density at radius 1 is 1.50 bits per heavy atom. The van der Waals surface area contributed by atoms with E-state index in [4.69, 9.17) is 5.73 Å². The largest absolute Gasteiger partial charge is 0.348 e. The predicted molar refractivity (Wildman–Crippen MR) is 59.6 cm³/mol. The van der Waals surface area contributed by atoms with Gasteiger partial charge in [0.1, 0.15) is 11.6 Å². The molecule has 0 heterocycles. The third-order valence-electron chi connectivity index (χ3n) is 1.90. The van der Waals surface area contributed by atoms with Crippen molar-refractivity contribution in [2.24, 2.45) is 5.73 Å². The van der Waals surface area contributed by atoms with Gasteiger partial charge in [-0.15, -0.1) is 12.4 Å². The summed E-state index contributed by atoms with van der Waals surface area (Å²) in [6.45, 7) is 1.91. The fraction of sp³-hybridized carbons (Fsp3) is 0.300. The Labute approximate surface area is 98.4 Å². The number of carbonyl (C=O) groups is 1. The quantitative estimate of drug-likeness (QED) is 0.854. The third-order valence-corrected chi connectivity index (χ3v) is 1.90. The molecule has 0 aliphatic heterocycles. The van der Waals surface area contributed by atoms with Crippen molar-refractivity contribution in [2.45, 2.75) is 13.0 Å². The van der Waals surface area contributed by atoms with E-state index in [0.29, 0.717) is 0 Å². The van der Waals surface area contributed by atoms with E-state index in [0.717, 1.165) is 18.2 Å². The maximum atomic E-state index is 13.1. The molecule has 16 heavy (non-hydrogen) atoms. The summed E-state index contributed by atoms with van der Waals surface area (Å²) in [4.78, 5) is 11.4. The van der Waals surface area contributed by atoms with Gasteiger partial charge < -0.3 is 11.1 Å². The van der Waals surface area contributed by atoms with E-state index in [9.17, 15) is 13.6 Å². The third kappa shape index (κ3) is 3.75. The highest BCUT2D eigenvalue weighted by atomic mass is 35.5. The molecule has 1 amide bonds. The van der Waals surface area contributed by atoms with Gasteiger partial charge in [-0.3, -0.25) is 4.79 Å². The highest BCUT2D eigenvalue weighted by Gasteiger charge is 2.14. The summed E-state index contributed by atoms with van der Waals surface area (Å²) in [6.07, 6.45) is 0. The summed E-state index contributed by atoms with van der Waals surface area (Å²) < 4.78 is 25.9. The molecule has 3 N–H and O–H groups in total. The molecule has 90 valence electrons. The molecule has 0 spiro atoms. The molecule has 0 fully saturated rings. The molecular weight excluding hydrogens is 238 g/mol. The van der Waals surface area contributed by atoms with Gasteiger partial charge >= 0.3 is 0 Å². The SMILES string of the molecule is C[C@H](CN)NC(=O)c1cc(F)ccc1F.Cl. The van der Waals surface area contributed by atoms with Crippen LogP contribution in [-0.2, 0) is 0 Å². The smallest absolute Gasteiger partial charge is 0.254 e. The monoisotopic (exact) mass is 250 g/mol. The molecule has 0 radical (unpaired) electrons. The van der Waals surface area contributed by atoms with Crippen LogP contribution in [0.2, 0.25) is 0 Å². The average Bonchev–Trinajstić information content (AvgIpc) is 2.21. The average molecular weight is 251 g/mol. The number of rotatable bonds is 3. The minimum absolute atomic E-state index is 0. The molecule has 1 rings (SSSR count). The molecule has 0 bridgehead atoms. The second-order valence-electron chi connectivity index (χ2n) is 3.23. The fourth-order valence-corrected chi connectivity index (χ4v) is 1.03. The number of benzene rings is 1. The van der Waals surface area contributed by atoms with Gasteiger partial charge in [-0.1, -0.05) is 0 Å². The van der Waals surface area contributed by atoms with Crippen molar-refractivity contribution >= 4 is 18.3 Å². The van der Waals surface area contributed by atoms with Crippen molar-refractivity contribution in [1.82, 2.24) is 5.32 Å². The molecule has 0 saturated carbocycles. The van der Waals surface area contributed by atoms with Crippen LogP contribution < -0.4 is 11.1 Å². The number of hydrogen-bond donors (Lipinski definition) is 2. The lowest BCUT2D eigenvalue weighted by Crippen LogP contribution is -2.38. The first-order valence-electron chi connectivity index (χ1n) is 4.50. The van der Waals surface area contributed by atoms with Crippen LogP contribution in [-0.4, -0.2) is 18.5 Å². The molecule has 6 heteroatoms. The van der Waals surface area contributed by atoms with Gasteiger partial charge in [0.05, 0.1) is 5.56 Å². The van der Waals surface area contributed by atoms with E-state index in [1.165, 1.54) is 0 Å². The van der Waals surface area contributed by atoms with E-state index in [-0.39, 0.29) is 30.6 Å². The Morgan fingerprint density at radius 3 is 2.69 bits per heavy atom. The Balaban J connectivity index is 0.00000225. The maximum Gasteiger partial charge on any atom is 0.254 e. The van der Waals surface area contributed by atoms with Gasteiger partial charge in [-0.05, 0) is 25.1 Å². The van der Waals surface area contributed by atoms with Crippen LogP contribution in [0.1, 0.15) is 17.3 Å². The zero-order chi connectivity index (χ0) is 11.4. The molecule has 0 saturated heterocycles. The summed E-state index contributed by atoms with van der Waals surface area (Å²) in [5.74, 6) is -2.06. The minimum atomic E-state index is -0.752. The lowest BCUT2D eigenvalue weighted by atomic mass is 10.2. The summed E-state index contributed by atoms with van der Waals surface area (Å²) in [5, 5.41) is 2.44. The summed E-state index contributed by atoms with van der Waals surface area (Å²) in [5.41, 5.74) is 4.97. The highest BCUT2D eigenvalue weighted by Crippen LogP contribution is 2.09. The Kier molecular flexibility index (Phi) is 5.92. The molecule has 0 aromatic heterocycles. The van der Waals surface area contributed by atoms with E-state index >= 15 is 0 Å².